The number of hydrogen-bond donors (Lipinski definition) is 1. The molecule has 0 amide bonds. The Hall–Kier alpha value is -0.860. The van der Waals surface area contributed by atoms with Gasteiger partial charge in [0.2, 0.25) is 0 Å². The van der Waals surface area contributed by atoms with Crippen LogP contribution in [0.3, 0.4) is 0 Å². The standard InChI is InChI=1S/C19H32N2/c1-5-12-21-13-6-7-18(14-20-4)19(21)17-10-8-16(9-11-17)15(2)3/h8-11,15,18-20H,5-7,12-14H2,1-4H3. The lowest BCUT2D eigenvalue weighted by molar-refractivity contribution is 0.0924. The van der Waals surface area contributed by atoms with Crippen LogP contribution in [0, 0.1) is 5.92 Å². The molecule has 0 saturated carbocycles. The maximum Gasteiger partial charge on any atom is 0.0388 e. The molecule has 2 heteroatoms. The van der Waals surface area contributed by atoms with E-state index in [9.17, 15) is 0 Å². The van der Waals surface area contributed by atoms with E-state index >= 15 is 0 Å². The molecule has 1 fully saturated rings. The summed E-state index contributed by atoms with van der Waals surface area (Å²) in [4.78, 5) is 2.70. The molecule has 118 valence electrons. The van der Waals surface area contributed by atoms with Crippen LogP contribution in [-0.2, 0) is 0 Å². The second-order valence-electron chi connectivity index (χ2n) is 6.76. The summed E-state index contributed by atoms with van der Waals surface area (Å²) in [6.45, 7) is 10.4. The predicted molar refractivity (Wildman–Crippen MR) is 91.8 cm³/mol. The zero-order valence-electron chi connectivity index (χ0n) is 14.2. The monoisotopic (exact) mass is 288 g/mol. The quantitative estimate of drug-likeness (QED) is 0.844. The Morgan fingerprint density at radius 3 is 2.52 bits per heavy atom. The van der Waals surface area contributed by atoms with Crippen LogP contribution in [-0.4, -0.2) is 31.6 Å². The van der Waals surface area contributed by atoms with Crippen molar-refractivity contribution in [2.24, 2.45) is 5.92 Å². The maximum atomic E-state index is 3.40. The molecular weight excluding hydrogens is 256 g/mol. The van der Waals surface area contributed by atoms with Crippen LogP contribution in [0.4, 0.5) is 0 Å². The zero-order valence-corrected chi connectivity index (χ0v) is 14.2. The summed E-state index contributed by atoms with van der Waals surface area (Å²) in [5.41, 5.74) is 2.95. The summed E-state index contributed by atoms with van der Waals surface area (Å²) >= 11 is 0. The average molecular weight is 288 g/mol. The normalized spacial score (nSPS) is 23.7. The molecule has 1 N–H and O–H groups in total. The van der Waals surface area contributed by atoms with E-state index in [-0.39, 0.29) is 0 Å². The van der Waals surface area contributed by atoms with Crippen molar-refractivity contribution in [3.05, 3.63) is 35.4 Å². The van der Waals surface area contributed by atoms with Crippen LogP contribution in [0.1, 0.15) is 63.1 Å². The highest BCUT2D eigenvalue weighted by Gasteiger charge is 2.31. The Bertz CT molecular complexity index is 392. The minimum atomic E-state index is 0.590. The Kier molecular flexibility index (Phi) is 6.25. The molecule has 0 aromatic heterocycles. The highest BCUT2D eigenvalue weighted by atomic mass is 15.2. The highest BCUT2D eigenvalue weighted by Crippen LogP contribution is 2.36. The van der Waals surface area contributed by atoms with Crippen LogP contribution in [0.25, 0.3) is 0 Å². The maximum absolute atomic E-state index is 3.40. The van der Waals surface area contributed by atoms with Gasteiger partial charge in [0.15, 0.2) is 0 Å². The number of piperidine rings is 1. The summed E-state index contributed by atoms with van der Waals surface area (Å²) in [6, 6.07) is 9.99. The molecule has 0 radical (unpaired) electrons. The molecule has 2 rings (SSSR count). The van der Waals surface area contributed by atoms with E-state index in [1.807, 2.05) is 0 Å². The van der Waals surface area contributed by atoms with E-state index in [0.717, 1.165) is 12.5 Å². The Morgan fingerprint density at radius 2 is 1.95 bits per heavy atom. The van der Waals surface area contributed by atoms with Gasteiger partial charge in [0.1, 0.15) is 0 Å². The lowest BCUT2D eigenvalue weighted by Gasteiger charge is -2.42. The number of hydrogen-bond acceptors (Lipinski definition) is 2. The average Bonchev–Trinajstić information content (AvgIpc) is 2.48. The second-order valence-corrected chi connectivity index (χ2v) is 6.76. The molecule has 2 nitrogen and oxygen atoms in total. The van der Waals surface area contributed by atoms with Crippen molar-refractivity contribution in [1.29, 1.82) is 0 Å². The van der Waals surface area contributed by atoms with Crippen molar-refractivity contribution in [3.63, 3.8) is 0 Å². The molecule has 1 saturated heterocycles. The van der Waals surface area contributed by atoms with Gasteiger partial charge in [0.25, 0.3) is 0 Å². The molecule has 1 aromatic carbocycles. The largest absolute Gasteiger partial charge is 0.319 e. The van der Waals surface area contributed by atoms with Gasteiger partial charge < -0.3 is 5.32 Å². The van der Waals surface area contributed by atoms with E-state index < -0.39 is 0 Å². The van der Waals surface area contributed by atoms with Crippen molar-refractivity contribution < 1.29 is 0 Å². The number of benzene rings is 1. The van der Waals surface area contributed by atoms with Gasteiger partial charge in [-0.25, -0.2) is 0 Å². The number of nitrogens with zero attached hydrogens (tertiary/aromatic N) is 1. The molecular formula is C19H32N2. The Balaban J connectivity index is 2.23. The summed E-state index contributed by atoms with van der Waals surface area (Å²) < 4.78 is 0. The first-order chi connectivity index (χ1) is 10.2. The smallest absolute Gasteiger partial charge is 0.0388 e. The van der Waals surface area contributed by atoms with Crippen LogP contribution < -0.4 is 5.32 Å². The third kappa shape index (κ3) is 4.08. The van der Waals surface area contributed by atoms with Gasteiger partial charge in [0, 0.05) is 6.04 Å². The van der Waals surface area contributed by atoms with Gasteiger partial charge >= 0.3 is 0 Å². The first-order valence-corrected chi connectivity index (χ1v) is 8.65. The minimum Gasteiger partial charge on any atom is -0.319 e. The fourth-order valence-corrected chi connectivity index (χ4v) is 3.73. The SMILES string of the molecule is CCCN1CCCC(CNC)C1c1ccc(C(C)C)cc1. The lowest BCUT2D eigenvalue weighted by atomic mass is 9.83. The second kappa shape index (κ2) is 7.95. The first-order valence-electron chi connectivity index (χ1n) is 8.65. The molecule has 2 unspecified atom stereocenters. The fourth-order valence-electron chi connectivity index (χ4n) is 3.73. The van der Waals surface area contributed by atoms with E-state index in [0.29, 0.717) is 12.0 Å². The molecule has 1 aliphatic heterocycles. The van der Waals surface area contributed by atoms with Gasteiger partial charge in [0.05, 0.1) is 0 Å². The lowest BCUT2D eigenvalue weighted by Crippen LogP contribution is -2.42. The molecule has 1 heterocycles. The van der Waals surface area contributed by atoms with Crippen LogP contribution >= 0.6 is 0 Å². The summed E-state index contributed by atoms with van der Waals surface area (Å²) in [7, 11) is 2.08. The van der Waals surface area contributed by atoms with Crippen LogP contribution in [0.2, 0.25) is 0 Å². The summed E-state index contributed by atoms with van der Waals surface area (Å²) in [5, 5.41) is 3.40. The third-order valence-corrected chi connectivity index (χ3v) is 4.78. The Morgan fingerprint density at radius 1 is 1.24 bits per heavy atom. The van der Waals surface area contributed by atoms with E-state index in [1.165, 1.54) is 43.5 Å². The summed E-state index contributed by atoms with van der Waals surface area (Å²) in [5.74, 6) is 1.35. The van der Waals surface area contributed by atoms with Crippen molar-refractivity contribution in [2.75, 3.05) is 26.7 Å². The molecule has 0 spiro atoms. The molecule has 0 bridgehead atoms. The van der Waals surface area contributed by atoms with Crippen molar-refractivity contribution in [3.8, 4) is 0 Å². The van der Waals surface area contributed by atoms with E-state index in [1.54, 1.807) is 0 Å². The molecule has 2 atom stereocenters. The Labute approximate surface area is 130 Å². The zero-order chi connectivity index (χ0) is 15.2. The first kappa shape index (κ1) is 16.5. The van der Waals surface area contributed by atoms with Gasteiger partial charge in [-0.2, -0.15) is 0 Å². The summed E-state index contributed by atoms with van der Waals surface area (Å²) in [6.07, 6.45) is 3.93. The fraction of sp³-hybridized carbons (Fsp3) is 0.684. The van der Waals surface area contributed by atoms with Crippen LogP contribution in [0.5, 0.6) is 0 Å². The predicted octanol–water partition coefficient (Wildman–Crippen LogP) is 4.19. The van der Waals surface area contributed by atoms with Gasteiger partial charge in [-0.3, -0.25) is 4.90 Å². The molecule has 0 aliphatic carbocycles. The van der Waals surface area contributed by atoms with Gasteiger partial charge in [-0.05, 0) is 68.9 Å². The topological polar surface area (TPSA) is 15.3 Å². The molecule has 1 aromatic rings. The van der Waals surface area contributed by atoms with E-state index in [4.69, 9.17) is 0 Å². The third-order valence-electron chi connectivity index (χ3n) is 4.78. The number of nitrogens with one attached hydrogen (secondary N) is 1. The number of rotatable bonds is 6. The van der Waals surface area contributed by atoms with E-state index in [2.05, 4.69) is 62.3 Å². The molecule has 21 heavy (non-hydrogen) atoms. The minimum absolute atomic E-state index is 0.590. The van der Waals surface area contributed by atoms with Crippen molar-refractivity contribution >= 4 is 0 Å². The van der Waals surface area contributed by atoms with Gasteiger partial charge in [-0.1, -0.05) is 45.0 Å². The van der Waals surface area contributed by atoms with Crippen molar-refractivity contribution in [1.82, 2.24) is 10.2 Å². The van der Waals surface area contributed by atoms with Gasteiger partial charge in [-0.15, -0.1) is 0 Å². The van der Waals surface area contributed by atoms with Crippen molar-refractivity contribution in [2.45, 2.75) is 52.0 Å². The molecule has 1 aliphatic rings. The highest BCUT2D eigenvalue weighted by molar-refractivity contribution is 5.28. The van der Waals surface area contributed by atoms with Crippen LogP contribution in [0.15, 0.2) is 24.3 Å². The number of likely N-dealkylation sites (tertiary alicyclic amines) is 1.